The third kappa shape index (κ3) is 1.35. The van der Waals surface area contributed by atoms with Gasteiger partial charge in [-0.15, -0.1) is 0 Å². The number of hydrogen-bond donors (Lipinski definition) is 1. The van der Waals surface area contributed by atoms with E-state index in [1.165, 1.54) is 0 Å². The van der Waals surface area contributed by atoms with E-state index >= 15 is 0 Å². The molecule has 12 heavy (non-hydrogen) atoms. The number of methoxy groups -OCH3 is 1. The summed E-state index contributed by atoms with van der Waals surface area (Å²) in [6.45, 7) is 0.986. The SMILES string of the molecule is CO[C@@H]1C[C@H]2OC[C@@H](O)[C@H]2CO1. The average Bonchev–Trinajstić information content (AvgIpc) is 2.47. The second kappa shape index (κ2) is 3.30. The quantitative estimate of drug-likeness (QED) is 0.595. The van der Waals surface area contributed by atoms with Gasteiger partial charge in [0.1, 0.15) is 0 Å². The standard InChI is InChI=1S/C8H14O4/c1-10-8-2-7-5(3-12-8)6(9)4-11-7/h5-9H,2-4H2,1H3/t5-,6-,7-,8+/m1/s1. The van der Waals surface area contributed by atoms with E-state index in [0.29, 0.717) is 13.2 Å². The van der Waals surface area contributed by atoms with Gasteiger partial charge in [0.05, 0.1) is 25.4 Å². The number of aliphatic hydroxyl groups is 1. The lowest BCUT2D eigenvalue weighted by molar-refractivity contribution is -0.186. The van der Waals surface area contributed by atoms with Crippen molar-refractivity contribution in [3.63, 3.8) is 0 Å². The molecular weight excluding hydrogens is 160 g/mol. The topological polar surface area (TPSA) is 47.9 Å². The summed E-state index contributed by atoms with van der Waals surface area (Å²) < 4.78 is 15.8. The molecule has 0 aromatic carbocycles. The van der Waals surface area contributed by atoms with E-state index in [1.54, 1.807) is 7.11 Å². The summed E-state index contributed by atoms with van der Waals surface area (Å²) in [6, 6.07) is 0. The first-order chi connectivity index (χ1) is 5.81. The van der Waals surface area contributed by atoms with Gasteiger partial charge in [0.15, 0.2) is 6.29 Å². The van der Waals surface area contributed by atoms with Crippen molar-refractivity contribution >= 4 is 0 Å². The van der Waals surface area contributed by atoms with E-state index in [-0.39, 0.29) is 24.4 Å². The molecule has 0 aliphatic carbocycles. The maximum absolute atomic E-state index is 9.44. The van der Waals surface area contributed by atoms with Gasteiger partial charge >= 0.3 is 0 Å². The first kappa shape index (κ1) is 8.44. The maximum atomic E-state index is 9.44. The Morgan fingerprint density at radius 3 is 2.92 bits per heavy atom. The minimum atomic E-state index is -0.354. The van der Waals surface area contributed by atoms with Crippen LogP contribution in [0.5, 0.6) is 0 Å². The number of rotatable bonds is 1. The van der Waals surface area contributed by atoms with Crippen molar-refractivity contribution in [2.45, 2.75) is 24.9 Å². The highest BCUT2D eigenvalue weighted by molar-refractivity contribution is 4.86. The Kier molecular flexibility index (Phi) is 2.32. The van der Waals surface area contributed by atoms with Crippen LogP contribution in [0.1, 0.15) is 6.42 Å². The lowest BCUT2D eigenvalue weighted by atomic mass is 9.95. The molecule has 2 aliphatic heterocycles. The van der Waals surface area contributed by atoms with Crippen LogP contribution in [0, 0.1) is 5.92 Å². The van der Waals surface area contributed by atoms with Crippen molar-refractivity contribution in [3.8, 4) is 0 Å². The third-order valence-electron chi connectivity index (χ3n) is 2.62. The summed E-state index contributed by atoms with van der Waals surface area (Å²) in [5.74, 6) is 0.149. The monoisotopic (exact) mass is 174 g/mol. The smallest absolute Gasteiger partial charge is 0.159 e. The fourth-order valence-electron chi connectivity index (χ4n) is 1.82. The van der Waals surface area contributed by atoms with Crippen LogP contribution in [0.4, 0.5) is 0 Å². The fourth-order valence-corrected chi connectivity index (χ4v) is 1.82. The summed E-state index contributed by atoms with van der Waals surface area (Å²) in [5, 5.41) is 9.44. The summed E-state index contributed by atoms with van der Waals surface area (Å²) in [4.78, 5) is 0. The molecular formula is C8H14O4. The predicted octanol–water partition coefficient (Wildman–Crippen LogP) is -0.245. The summed E-state index contributed by atoms with van der Waals surface area (Å²) in [5.41, 5.74) is 0. The van der Waals surface area contributed by atoms with Gasteiger partial charge < -0.3 is 19.3 Å². The fraction of sp³-hybridized carbons (Fsp3) is 1.00. The molecule has 4 heteroatoms. The zero-order valence-electron chi connectivity index (χ0n) is 7.10. The van der Waals surface area contributed by atoms with E-state index < -0.39 is 0 Å². The second-order valence-electron chi connectivity index (χ2n) is 3.34. The Balaban J connectivity index is 1.95. The molecule has 2 fully saturated rings. The molecule has 0 bridgehead atoms. The lowest BCUT2D eigenvalue weighted by Crippen LogP contribution is -2.39. The second-order valence-corrected chi connectivity index (χ2v) is 3.34. The molecule has 1 N–H and O–H groups in total. The predicted molar refractivity (Wildman–Crippen MR) is 40.6 cm³/mol. The number of aliphatic hydroxyl groups excluding tert-OH is 1. The lowest BCUT2D eigenvalue weighted by Gasteiger charge is -2.30. The zero-order valence-corrected chi connectivity index (χ0v) is 7.10. The van der Waals surface area contributed by atoms with E-state index in [2.05, 4.69) is 0 Å². The van der Waals surface area contributed by atoms with Crippen molar-refractivity contribution in [2.24, 2.45) is 5.92 Å². The van der Waals surface area contributed by atoms with Gasteiger partial charge in [0.2, 0.25) is 0 Å². The molecule has 0 radical (unpaired) electrons. The van der Waals surface area contributed by atoms with Gasteiger partial charge in [-0.05, 0) is 0 Å². The van der Waals surface area contributed by atoms with Crippen LogP contribution in [0.2, 0.25) is 0 Å². The molecule has 2 rings (SSSR count). The Bertz CT molecular complexity index is 161. The third-order valence-corrected chi connectivity index (χ3v) is 2.62. The summed E-state index contributed by atoms with van der Waals surface area (Å²) >= 11 is 0. The van der Waals surface area contributed by atoms with E-state index in [4.69, 9.17) is 14.2 Å². The molecule has 0 unspecified atom stereocenters. The Morgan fingerprint density at radius 1 is 1.33 bits per heavy atom. The number of hydrogen-bond acceptors (Lipinski definition) is 4. The minimum Gasteiger partial charge on any atom is -0.390 e. The number of ether oxygens (including phenoxy) is 3. The summed E-state index contributed by atoms with van der Waals surface area (Å²) in [7, 11) is 1.62. The molecule has 4 nitrogen and oxygen atoms in total. The van der Waals surface area contributed by atoms with Crippen molar-refractivity contribution in [1.82, 2.24) is 0 Å². The van der Waals surface area contributed by atoms with Crippen LogP contribution in [-0.2, 0) is 14.2 Å². The molecule has 70 valence electrons. The highest BCUT2D eigenvalue weighted by Crippen LogP contribution is 2.30. The highest BCUT2D eigenvalue weighted by Gasteiger charge is 2.41. The normalized spacial score (nSPS) is 47.5. The molecule has 0 amide bonds. The largest absolute Gasteiger partial charge is 0.390 e. The maximum Gasteiger partial charge on any atom is 0.159 e. The van der Waals surface area contributed by atoms with Crippen LogP contribution >= 0.6 is 0 Å². The van der Waals surface area contributed by atoms with Crippen molar-refractivity contribution in [1.29, 1.82) is 0 Å². The zero-order chi connectivity index (χ0) is 8.55. The number of fused-ring (bicyclic) bond motifs is 1. The van der Waals surface area contributed by atoms with Gasteiger partial charge in [-0.2, -0.15) is 0 Å². The first-order valence-electron chi connectivity index (χ1n) is 4.25. The van der Waals surface area contributed by atoms with Crippen molar-refractivity contribution < 1.29 is 19.3 Å². The first-order valence-corrected chi connectivity index (χ1v) is 4.25. The van der Waals surface area contributed by atoms with Gasteiger partial charge in [-0.1, -0.05) is 0 Å². The Morgan fingerprint density at radius 2 is 2.17 bits per heavy atom. The van der Waals surface area contributed by atoms with Crippen LogP contribution in [0.25, 0.3) is 0 Å². The molecule has 2 saturated heterocycles. The Labute approximate surface area is 71.4 Å². The molecule has 0 spiro atoms. The van der Waals surface area contributed by atoms with Crippen molar-refractivity contribution in [3.05, 3.63) is 0 Å². The molecule has 0 aromatic rings. The molecule has 0 saturated carbocycles. The van der Waals surface area contributed by atoms with Crippen LogP contribution in [0.15, 0.2) is 0 Å². The van der Waals surface area contributed by atoms with Crippen LogP contribution in [0.3, 0.4) is 0 Å². The highest BCUT2D eigenvalue weighted by atomic mass is 16.7. The minimum absolute atomic E-state index is 0.124. The molecule has 4 atom stereocenters. The van der Waals surface area contributed by atoms with Crippen LogP contribution < -0.4 is 0 Å². The van der Waals surface area contributed by atoms with Gasteiger partial charge in [-0.3, -0.25) is 0 Å². The molecule has 0 aromatic heterocycles. The Hall–Kier alpha value is -0.160. The van der Waals surface area contributed by atoms with Gasteiger partial charge in [-0.25, -0.2) is 0 Å². The van der Waals surface area contributed by atoms with Crippen LogP contribution in [-0.4, -0.2) is 43.9 Å². The molecule has 2 heterocycles. The summed E-state index contributed by atoms with van der Waals surface area (Å²) in [6.07, 6.45) is 0.348. The van der Waals surface area contributed by atoms with E-state index in [9.17, 15) is 5.11 Å². The average molecular weight is 174 g/mol. The van der Waals surface area contributed by atoms with E-state index in [0.717, 1.165) is 6.42 Å². The van der Waals surface area contributed by atoms with E-state index in [1.807, 2.05) is 0 Å². The van der Waals surface area contributed by atoms with Gasteiger partial charge in [0.25, 0.3) is 0 Å². The molecule has 2 aliphatic rings. The van der Waals surface area contributed by atoms with Crippen molar-refractivity contribution in [2.75, 3.05) is 20.3 Å². The van der Waals surface area contributed by atoms with Gasteiger partial charge in [0, 0.05) is 19.4 Å².